The standard InChI is InChI=1S/C22H28F2N4O2.HI/c1-3-29-17-6-8-21(30-4-2)20(12-17)27-22(25)26-13-15-9-10-28(14-15)16-5-7-18(23)19(24)11-16;/h5-8,11-12,15H,3-4,9-10,13-14H2,1-2H3,(H3,25,26,27);1H. The Kier molecular flexibility index (Phi) is 9.60. The molecule has 3 N–H and O–H groups in total. The average Bonchev–Trinajstić information content (AvgIpc) is 3.20. The molecule has 3 rings (SSSR count). The van der Waals surface area contributed by atoms with E-state index in [1.807, 2.05) is 36.9 Å². The monoisotopic (exact) mass is 546 g/mol. The third kappa shape index (κ3) is 6.84. The Morgan fingerprint density at radius 2 is 1.90 bits per heavy atom. The van der Waals surface area contributed by atoms with Gasteiger partial charge < -0.3 is 25.4 Å². The Balaban J connectivity index is 0.00000341. The lowest BCUT2D eigenvalue weighted by Crippen LogP contribution is -2.25. The minimum absolute atomic E-state index is 0. The molecule has 0 spiro atoms. The third-order valence-electron chi connectivity index (χ3n) is 4.90. The molecule has 9 heteroatoms. The van der Waals surface area contributed by atoms with Crippen LogP contribution in [0.25, 0.3) is 0 Å². The maximum absolute atomic E-state index is 13.5. The highest BCUT2D eigenvalue weighted by molar-refractivity contribution is 14.0. The lowest BCUT2D eigenvalue weighted by atomic mass is 10.1. The maximum atomic E-state index is 13.5. The van der Waals surface area contributed by atoms with Crippen LogP contribution in [0.3, 0.4) is 0 Å². The normalized spacial score (nSPS) is 16.1. The van der Waals surface area contributed by atoms with Crippen molar-refractivity contribution in [1.29, 1.82) is 0 Å². The molecule has 0 saturated carbocycles. The number of hydrogen-bond donors (Lipinski definition) is 2. The van der Waals surface area contributed by atoms with Gasteiger partial charge in [-0.15, -0.1) is 24.0 Å². The van der Waals surface area contributed by atoms with Crippen LogP contribution in [0, 0.1) is 17.6 Å². The number of benzene rings is 2. The number of nitrogens with one attached hydrogen (secondary N) is 1. The zero-order chi connectivity index (χ0) is 21.5. The molecule has 0 radical (unpaired) electrons. The van der Waals surface area contributed by atoms with Crippen LogP contribution in [0.1, 0.15) is 20.3 Å². The summed E-state index contributed by atoms with van der Waals surface area (Å²) in [6, 6.07) is 9.50. The molecule has 1 aliphatic heterocycles. The minimum atomic E-state index is -0.835. The number of aliphatic imine (C=N–C) groups is 1. The summed E-state index contributed by atoms with van der Waals surface area (Å²) in [6.07, 6.45) is 0.903. The van der Waals surface area contributed by atoms with Crippen LogP contribution in [0.2, 0.25) is 0 Å². The predicted molar refractivity (Wildman–Crippen MR) is 131 cm³/mol. The molecule has 1 saturated heterocycles. The van der Waals surface area contributed by atoms with E-state index >= 15 is 0 Å². The molecule has 1 aliphatic rings. The molecular weight excluding hydrogens is 517 g/mol. The van der Waals surface area contributed by atoms with Crippen molar-refractivity contribution in [2.45, 2.75) is 20.3 Å². The number of guanidine groups is 1. The summed E-state index contributed by atoms with van der Waals surface area (Å²) in [4.78, 5) is 6.50. The highest BCUT2D eigenvalue weighted by Gasteiger charge is 2.23. The maximum Gasteiger partial charge on any atom is 0.193 e. The van der Waals surface area contributed by atoms with Crippen molar-refractivity contribution in [3.63, 3.8) is 0 Å². The van der Waals surface area contributed by atoms with Crippen molar-refractivity contribution in [2.75, 3.05) is 43.1 Å². The van der Waals surface area contributed by atoms with Gasteiger partial charge >= 0.3 is 0 Å². The van der Waals surface area contributed by atoms with E-state index in [0.29, 0.717) is 49.2 Å². The highest BCUT2D eigenvalue weighted by Crippen LogP contribution is 2.29. The Morgan fingerprint density at radius 3 is 2.61 bits per heavy atom. The van der Waals surface area contributed by atoms with E-state index in [2.05, 4.69) is 10.3 Å². The fraction of sp³-hybridized carbons (Fsp3) is 0.409. The number of halogens is 3. The van der Waals surface area contributed by atoms with Crippen LogP contribution in [0.15, 0.2) is 41.4 Å². The van der Waals surface area contributed by atoms with E-state index in [4.69, 9.17) is 15.2 Å². The molecule has 1 atom stereocenters. The van der Waals surface area contributed by atoms with Crippen molar-refractivity contribution in [2.24, 2.45) is 16.6 Å². The second-order valence-electron chi connectivity index (χ2n) is 7.07. The first kappa shape index (κ1) is 25.0. The predicted octanol–water partition coefficient (Wildman–Crippen LogP) is 4.63. The summed E-state index contributed by atoms with van der Waals surface area (Å²) >= 11 is 0. The summed E-state index contributed by atoms with van der Waals surface area (Å²) < 4.78 is 37.8. The van der Waals surface area contributed by atoms with E-state index in [9.17, 15) is 8.78 Å². The van der Waals surface area contributed by atoms with E-state index < -0.39 is 11.6 Å². The van der Waals surface area contributed by atoms with Crippen molar-refractivity contribution in [3.8, 4) is 11.5 Å². The Hall–Kier alpha value is -2.30. The summed E-state index contributed by atoms with van der Waals surface area (Å²) in [6.45, 7) is 6.94. The number of nitrogens with zero attached hydrogens (tertiary/aromatic N) is 2. The van der Waals surface area contributed by atoms with Gasteiger partial charge in [-0.05, 0) is 50.5 Å². The van der Waals surface area contributed by atoms with Gasteiger partial charge in [0.15, 0.2) is 17.6 Å². The second kappa shape index (κ2) is 11.9. The largest absolute Gasteiger partial charge is 0.494 e. The summed E-state index contributed by atoms with van der Waals surface area (Å²) in [5.74, 6) is 0.286. The minimum Gasteiger partial charge on any atom is -0.494 e. The molecule has 1 unspecified atom stereocenters. The van der Waals surface area contributed by atoms with Crippen molar-refractivity contribution < 1.29 is 18.3 Å². The van der Waals surface area contributed by atoms with Crippen LogP contribution in [0.4, 0.5) is 20.2 Å². The average molecular weight is 546 g/mol. The first-order chi connectivity index (χ1) is 14.5. The molecule has 170 valence electrons. The highest BCUT2D eigenvalue weighted by atomic mass is 127. The quantitative estimate of drug-likeness (QED) is 0.287. The van der Waals surface area contributed by atoms with Gasteiger partial charge in [-0.25, -0.2) is 8.78 Å². The fourth-order valence-corrected chi connectivity index (χ4v) is 3.45. The van der Waals surface area contributed by atoms with Gasteiger partial charge in [0, 0.05) is 37.5 Å². The molecule has 6 nitrogen and oxygen atoms in total. The Bertz CT molecular complexity index is 898. The number of ether oxygens (including phenoxy) is 2. The van der Waals surface area contributed by atoms with Gasteiger partial charge in [0.1, 0.15) is 11.5 Å². The zero-order valence-corrected chi connectivity index (χ0v) is 20.1. The third-order valence-corrected chi connectivity index (χ3v) is 4.90. The first-order valence-corrected chi connectivity index (χ1v) is 10.2. The van der Waals surface area contributed by atoms with Gasteiger partial charge in [-0.2, -0.15) is 0 Å². The van der Waals surface area contributed by atoms with E-state index in [1.165, 1.54) is 6.07 Å². The van der Waals surface area contributed by atoms with Crippen LogP contribution < -0.4 is 25.4 Å². The second-order valence-corrected chi connectivity index (χ2v) is 7.07. The number of anilines is 2. The number of rotatable bonds is 8. The van der Waals surface area contributed by atoms with Crippen molar-refractivity contribution in [3.05, 3.63) is 48.0 Å². The smallest absolute Gasteiger partial charge is 0.193 e. The van der Waals surface area contributed by atoms with Crippen LogP contribution in [0.5, 0.6) is 11.5 Å². The topological polar surface area (TPSA) is 72.1 Å². The molecule has 0 aromatic heterocycles. The molecule has 1 fully saturated rings. The van der Waals surface area contributed by atoms with Gasteiger partial charge in [0.25, 0.3) is 0 Å². The van der Waals surface area contributed by atoms with E-state index in [1.54, 1.807) is 6.07 Å². The Morgan fingerprint density at radius 1 is 1.13 bits per heavy atom. The van der Waals surface area contributed by atoms with Gasteiger partial charge in [-0.1, -0.05) is 0 Å². The molecule has 2 aromatic rings. The summed E-state index contributed by atoms with van der Waals surface area (Å²) in [5.41, 5.74) is 7.47. The van der Waals surface area contributed by atoms with Crippen LogP contribution in [-0.2, 0) is 0 Å². The number of hydrogen-bond acceptors (Lipinski definition) is 4. The van der Waals surface area contributed by atoms with Gasteiger partial charge in [-0.3, -0.25) is 4.99 Å². The van der Waals surface area contributed by atoms with Crippen LogP contribution in [-0.4, -0.2) is 38.8 Å². The molecule has 0 bridgehead atoms. The van der Waals surface area contributed by atoms with Crippen molar-refractivity contribution in [1.82, 2.24) is 0 Å². The molecule has 1 heterocycles. The molecule has 0 amide bonds. The molecular formula is C22H29F2IN4O2. The Labute approximate surface area is 198 Å². The molecule has 0 aliphatic carbocycles. The van der Waals surface area contributed by atoms with Gasteiger partial charge in [0.05, 0.1) is 18.9 Å². The molecule has 2 aromatic carbocycles. The first-order valence-electron chi connectivity index (χ1n) is 10.2. The lowest BCUT2D eigenvalue weighted by molar-refractivity contribution is 0.332. The van der Waals surface area contributed by atoms with Crippen molar-refractivity contribution >= 4 is 41.3 Å². The summed E-state index contributed by atoms with van der Waals surface area (Å²) in [5, 5.41) is 3.09. The lowest BCUT2D eigenvalue weighted by Gasteiger charge is -2.18. The SMILES string of the molecule is CCOc1ccc(OCC)c(NC(N)=NCC2CCN(c3ccc(F)c(F)c3)C2)c1.I. The molecule has 31 heavy (non-hydrogen) atoms. The zero-order valence-electron chi connectivity index (χ0n) is 17.7. The van der Waals surface area contributed by atoms with Crippen LogP contribution >= 0.6 is 24.0 Å². The van der Waals surface area contributed by atoms with E-state index in [-0.39, 0.29) is 35.9 Å². The number of nitrogens with two attached hydrogens (primary N) is 1. The summed E-state index contributed by atoms with van der Waals surface area (Å²) in [7, 11) is 0. The van der Waals surface area contributed by atoms with E-state index in [0.717, 1.165) is 19.0 Å². The van der Waals surface area contributed by atoms with Gasteiger partial charge in [0.2, 0.25) is 0 Å². The fourth-order valence-electron chi connectivity index (χ4n) is 3.45.